The summed E-state index contributed by atoms with van der Waals surface area (Å²) in [4.78, 5) is 31.4. The normalized spacial score (nSPS) is 25.4. The van der Waals surface area contributed by atoms with Gasteiger partial charge in [-0.2, -0.15) is 0 Å². The van der Waals surface area contributed by atoms with Crippen LogP contribution in [0.5, 0.6) is 0 Å². The van der Waals surface area contributed by atoms with Crippen LogP contribution in [0, 0.1) is 5.41 Å². The van der Waals surface area contributed by atoms with Crippen LogP contribution >= 0.6 is 11.3 Å². The third kappa shape index (κ3) is 4.06. The van der Waals surface area contributed by atoms with E-state index in [-0.39, 0.29) is 23.3 Å². The van der Waals surface area contributed by atoms with Crippen LogP contribution in [0.15, 0.2) is 12.1 Å². The molecule has 6 heteroatoms. The van der Waals surface area contributed by atoms with E-state index in [2.05, 4.69) is 13.0 Å². The van der Waals surface area contributed by atoms with Crippen LogP contribution in [0.25, 0.3) is 0 Å². The van der Waals surface area contributed by atoms with E-state index in [0.717, 1.165) is 76.2 Å². The minimum absolute atomic E-state index is 0.178. The van der Waals surface area contributed by atoms with Crippen molar-refractivity contribution in [1.29, 1.82) is 0 Å². The molecule has 1 aromatic heterocycles. The number of hydrogen-bond donors (Lipinski definition) is 0. The maximum absolute atomic E-state index is 12.8. The van der Waals surface area contributed by atoms with Gasteiger partial charge < -0.3 is 14.5 Å². The zero-order valence-corrected chi connectivity index (χ0v) is 17.1. The molecule has 3 fully saturated rings. The predicted octanol–water partition coefficient (Wildman–Crippen LogP) is 3.33. The summed E-state index contributed by atoms with van der Waals surface area (Å²) in [6.45, 7) is 6.15. The van der Waals surface area contributed by atoms with Gasteiger partial charge in [0.25, 0.3) is 5.91 Å². The van der Waals surface area contributed by atoms with Crippen LogP contribution in [0.4, 0.5) is 0 Å². The highest BCUT2D eigenvalue weighted by molar-refractivity contribution is 7.14. The number of likely N-dealkylation sites (tertiary alicyclic amines) is 2. The van der Waals surface area contributed by atoms with Crippen molar-refractivity contribution >= 4 is 23.2 Å². The number of aryl methyl sites for hydroxylation is 1. The number of thiophene rings is 1. The van der Waals surface area contributed by atoms with Crippen LogP contribution in [-0.4, -0.2) is 60.5 Å². The second kappa shape index (κ2) is 7.92. The fraction of sp³-hybridized carbons (Fsp3) is 0.714. The van der Waals surface area contributed by atoms with Gasteiger partial charge in [-0.1, -0.05) is 6.92 Å². The van der Waals surface area contributed by atoms with Crippen molar-refractivity contribution in [1.82, 2.24) is 9.80 Å². The SMILES string of the molecule is CCc1ccc(C(=O)N2CCC3(CCC(=O)N(C[C@@H]4CCCO4)C3)CC2)s1. The molecule has 3 saturated heterocycles. The summed E-state index contributed by atoms with van der Waals surface area (Å²) in [5, 5.41) is 0. The molecule has 0 N–H and O–H groups in total. The number of hydrogen-bond acceptors (Lipinski definition) is 4. The maximum atomic E-state index is 12.8. The average Bonchev–Trinajstić information content (AvgIpc) is 3.37. The number of rotatable bonds is 4. The van der Waals surface area contributed by atoms with E-state index < -0.39 is 0 Å². The molecule has 4 heterocycles. The second-order valence-corrected chi connectivity index (χ2v) is 9.49. The van der Waals surface area contributed by atoms with Crippen LogP contribution in [-0.2, 0) is 16.0 Å². The first-order chi connectivity index (χ1) is 13.1. The van der Waals surface area contributed by atoms with Crippen molar-refractivity contribution in [3.63, 3.8) is 0 Å². The van der Waals surface area contributed by atoms with Crippen molar-refractivity contribution in [2.75, 3.05) is 32.8 Å². The van der Waals surface area contributed by atoms with Crippen molar-refractivity contribution in [3.05, 3.63) is 21.9 Å². The Bertz CT molecular complexity index is 687. The molecule has 5 nitrogen and oxygen atoms in total. The van der Waals surface area contributed by atoms with Crippen LogP contribution < -0.4 is 0 Å². The monoisotopic (exact) mass is 390 g/mol. The number of nitrogens with zero attached hydrogens (tertiary/aromatic N) is 2. The van der Waals surface area contributed by atoms with Crippen molar-refractivity contribution in [3.8, 4) is 0 Å². The molecule has 0 aromatic carbocycles. The van der Waals surface area contributed by atoms with E-state index in [1.54, 1.807) is 11.3 Å². The topological polar surface area (TPSA) is 49.9 Å². The molecule has 3 aliphatic heterocycles. The predicted molar refractivity (Wildman–Crippen MR) is 106 cm³/mol. The van der Waals surface area contributed by atoms with E-state index in [1.165, 1.54) is 4.88 Å². The fourth-order valence-corrected chi connectivity index (χ4v) is 5.65. The summed E-state index contributed by atoms with van der Waals surface area (Å²) >= 11 is 1.62. The van der Waals surface area contributed by atoms with Gasteiger partial charge in [0, 0.05) is 44.1 Å². The highest BCUT2D eigenvalue weighted by Crippen LogP contribution is 2.41. The molecular formula is C21H30N2O3S. The number of carbonyl (C=O) groups is 2. The molecule has 1 atom stereocenters. The molecule has 4 rings (SSSR count). The van der Waals surface area contributed by atoms with Crippen molar-refractivity contribution in [2.45, 2.75) is 58.0 Å². The summed E-state index contributed by atoms with van der Waals surface area (Å²) in [5.74, 6) is 0.456. The Hall–Kier alpha value is -1.40. The Morgan fingerprint density at radius 1 is 1.30 bits per heavy atom. The Morgan fingerprint density at radius 2 is 2.11 bits per heavy atom. The number of piperidine rings is 2. The van der Waals surface area contributed by atoms with E-state index in [1.807, 2.05) is 15.9 Å². The smallest absolute Gasteiger partial charge is 0.263 e. The maximum Gasteiger partial charge on any atom is 0.263 e. The van der Waals surface area contributed by atoms with Crippen LogP contribution in [0.1, 0.15) is 60.0 Å². The van der Waals surface area contributed by atoms with E-state index >= 15 is 0 Å². The molecule has 27 heavy (non-hydrogen) atoms. The number of amides is 2. The van der Waals surface area contributed by atoms with Crippen molar-refractivity contribution in [2.24, 2.45) is 5.41 Å². The highest BCUT2D eigenvalue weighted by atomic mass is 32.1. The highest BCUT2D eigenvalue weighted by Gasteiger charge is 2.42. The molecule has 3 aliphatic rings. The third-order valence-electron chi connectivity index (χ3n) is 6.53. The summed E-state index contributed by atoms with van der Waals surface area (Å²) in [6.07, 6.45) is 6.99. The fourth-order valence-electron chi connectivity index (χ4n) is 4.73. The van der Waals surface area contributed by atoms with Gasteiger partial charge in [-0.05, 0) is 56.1 Å². The lowest BCUT2D eigenvalue weighted by atomic mass is 9.72. The Labute approximate surface area is 165 Å². The largest absolute Gasteiger partial charge is 0.376 e. The number of ether oxygens (including phenoxy) is 1. The molecule has 2 amide bonds. The summed E-state index contributed by atoms with van der Waals surface area (Å²) < 4.78 is 5.74. The third-order valence-corrected chi connectivity index (χ3v) is 7.75. The molecular weight excluding hydrogens is 360 g/mol. The minimum atomic E-state index is 0.178. The van der Waals surface area contributed by atoms with Gasteiger partial charge in [-0.3, -0.25) is 9.59 Å². The van der Waals surface area contributed by atoms with E-state index in [4.69, 9.17) is 4.74 Å². The molecule has 1 aromatic rings. The summed E-state index contributed by atoms with van der Waals surface area (Å²) in [6, 6.07) is 4.04. The molecule has 0 bridgehead atoms. The van der Waals surface area contributed by atoms with Gasteiger partial charge >= 0.3 is 0 Å². The van der Waals surface area contributed by atoms with Crippen LogP contribution in [0.3, 0.4) is 0 Å². The standard InChI is InChI=1S/C21H30N2O3S/c1-2-17-5-6-18(27-17)20(25)22-11-9-21(10-12-22)8-7-19(24)23(15-21)14-16-4-3-13-26-16/h5-6,16H,2-4,7-15H2,1H3/t16-/m0/s1. The lowest BCUT2D eigenvalue weighted by Crippen LogP contribution is -2.53. The second-order valence-electron chi connectivity index (χ2n) is 8.32. The first kappa shape index (κ1) is 18.9. The van der Waals surface area contributed by atoms with Crippen molar-refractivity contribution < 1.29 is 14.3 Å². The van der Waals surface area contributed by atoms with Gasteiger partial charge in [-0.25, -0.2) is 0 Å². The first-order valence-corrected chi connectivity index (χ1v) is 11.2. The summed E-state index contributed by atoms with van der Waals surface area (Å²) in [7, 11) is 0. The van der Waals surface area contributed by atoms with Gasteiger partial charge in [0.1, 0.15) is 0 Å². The van der Waals surface area contributed by atoms with E-state index in [0.29, 0.717) is 6.42 Å². The zero-order valence-electron chi connectivity index (χ0n) is 16.2. The molecule has 0 aliphatic carbocycles. The molecule has 0 radical (unpaired) electrons. The average molecular weight is 391 g/mol. The molecule has 1 spiro atoms. The molecule has 0 unspecified atom stereocenters. The molecule has 148 valence electrons. The minimum Gasteiger partial charge on any atom is -0.376 e. The lowest BCUT2D eigenvalue weighted by Gasteiger charge is -2.47. The quantitative estimate of drug-likeness (QED) is 0.792. The first-order valence-electron chi connectivity index (χ1n) is 10.4. The van der Waals surface area contributed by atoms with Gasteiger partial charge in [0.05, 0.1) is 11.0 Å². The van der Waals surface area contributed by atoms with Gasteiger partial charge in [0.15, 0.2) is 0 Å². The Kier molecular flexibility index (Phi) is 5.55. The summed E-state index contributed by atoms with van der Waals surface area (Å²) in [5.41, 5.74) is 0.188. The number of carbonyl (C=O) groups excluding carboxylic acids is 2. The Morgan fingerprint density at radius 3 is 2.78 bits per heavy atom. The van der Waals surface area contributed by atoms with Gasteiger partial charge in [0.2, 0.25) is 5.91 Å². The Balaban J connectivity index is 1.35. The van der Waals surface area contributed by atoms with Gasteiger partial charge in [-0.15, -0.1) is 11.3 Å². The lowest BCUT2D eigenvalue weighted by molar-refractivity contribution is -0.141. The zero-order chi connectivity index (χ0) is 18.9. The van der Waals surface area contributed by atoms with Crippen LogP contribution in [0.2, 0.25) is 0 Å². The van der Waals surface area contributed by atoms with E-state index in [9.17, 15) is 9.59 Å². The molecule has 0 saturated carbocycles.